The number of rotatable bonds is 9. The number of anilines is 1. The fraction of sp³-hybridized carbons (Fsp3) is 0.333. The second-order valence-corrected chi connectivity index (χ2v) is 6.82. The molecule has 1 amide bonds. The predicted octanol–water partition coefficient (Wildman–Crippen LogP) is 4.39. The highest BCUT2D eigenvalue weighted by molar-refractivity contribution is 9.10. The molecule has 0 radical (unpaired) electrons. The molecule has 1 N–H and O–H groups in total. The van der Waals surface area contributed by atoms with Crippen LogP contribution >= 0.6 is 15.9 Å². The van der Waals surface area contributed by atoms with Gasteiger partial charge < -0.3 is 9.64 Å². The molecule has 6 heteroatoms. The van der Waals surface area contributed by atoms with Crippen molar-refractivity contribution in [2.75, 3.05) is 24.6 Å². The molecule has 144 valence electrons. The third-order valence-electron chi connectivity index (χ3n) is 4.19. The maximum Gasteiger partial charge on any atom is 0.277 e. The van der Waals surface area contributed by atoms with E-state index in [-0.39, 0.29) is 12.5 Å². The number of hydrazone groups is 1. The number of nitrogens with one attached hydrogen (secondary N) is 1. The number of aryl methyl sites for hydroxylation is 1. The number of halogens is 1. The van der Waals surface area contributed by atoms with Crippen molar-refractivity contribution in [3.8, 4) is 5.75 Å². The SMILES string of the molecule is CCc1ccc(OCC(=O)N/N=C/c2ccc(N(CC)CC)cc2)c(Br)c1. The Labute approximate surface area is 169 Å². The van der Waals surface area contributed by atoms with Crippen molar-refractivity contribution < 1.29 is 9.53 Å². The van der Waals surface area contributed by atoms with Crippen LogP contribution in [0, 0.1) is 0 Å². The lowest BCUT2D eigenvalue weighted by Crippen LogP contribution is -2.24. The first kappa shape index (κ1) is 21.0. The van der Waals surface area contributed by atoms with Crippen LogP contribution in [0.1, 0.15) is 31.9 Å². The molecule has 5 nitrogen and oxygen atoms in total. The van der Waals surface area contributed by atoms with Crippen molar-refractivity contribution >= 4 is 33.7 Å². The lowest BCUT2D eigenvalue weighted by molar-refractivity contribution is -0.123. The molecule has 0 unspecified atom stereocenters. The van der Waals surface area contributed by atoms with E-state index in [1.165, 1.54) is 11.3 Å². The molecule has 0 atom stereocenters. The summed E-state index contributed by atoms with van der Waals surface area (Å²) in [5.74, 6) is 0.329. The van der Waals surface area contributed by atoms with Gasteiger partial charge in [-0.25, -0.2) is 5.43 Å². The van der Waals surface area contributed by atoms with E-state index in [2.05, 4.69) is 64.3 Å². The van der Waals surface area contributed by atoms with Crippen molar-refractivity contribution in [2.45, 2.75) is 27.2 Å². The first-order valence-corrected chi connectivity index (χ1v) is 9.94. The minimum absolute atomic E-state index is 0.0949. The molecule has 2 rings (SSSR count). The monoisotopic (exact) mass is 431 g/mol. The van der Waals surface area contributed by atoms with Crippen molar-refractivity contribution in [1.29, 1.82) is 0 Å². The van der Waals surface area contributed by atoms with Gasteiger partial charge in [-0.3, -0.25) is 4.79 Å². The van der Waals surface area contributed by atoms with Gasteiger partial charge in [-0.1, -0.05) is 25.1 Å². The Hall–Kier alpha value is -2.34. The molecule has 0 heterocycles. The van der Waals surface area contributed by atoms with Crippen LogP contribution in [0.15, 0.2) is 52.0 Å². The Bertz CT molecular complexity index is 771. The Morgan fingerprint density at radius 2 is 1.85 bits per heavy atom. The average Bonchev–Trinajstić information content (AvgIpc) is 2.69. The normalized spacial score (nSPS) is 10.8. The summed E-state index contributed by atoms with van der Waals surface area (Å²) in [6, 6.07) is 13.9. The third kappa shape index (κ3) is 6.40. The molecule has 0 aromatic heterocycles. The first-order valence-electron chi connectivity index (χ1n) is 9.15. The van der Waals surface area contributed by atoms with Crippen molar-refractivity contribution in [3.63, 3.8) is 0 Å². The quantitative estimate of drug-likeness (QED) is 0.473. The highest BCUT2D eigenvalue weighted by Crippen LogP contribution is 2.26. The Balaban J connectivity index is 1.83. The van der Waals surface area contributed by atoms with Crippen LogP contribution in [0.25, 0.3) is 0 Å². The summed E-state index contributed by atoms with van der Waals surface area (Å²) in [6.07, 6.45) is 2.57. The molecule has 0 aliphatic carbocycles. The molecule has 0 spiro atoms. The Kier molecular flexibility index (Phi) is 8.33. The van der Waals surface area contributed by atoms with Gasteiger partial charge in [0.2, 0.25) is 0 Å². The molecule has 27 heavy (non-hydrogen) atoms. The van der Waals surface area contributed by atoms with Gasteiger partial charge in [0.05, 0.1) is 10.7 Å². The summed E-state index contributed by atoms with van der Waals surface area (Å²) in [5.41, 5.74) is 5.78. The zero-order chi connectivity index (χ0) is 19.6. The molecule has 0 saturated carbocycles. The van der Waals surface area contributed by atoms with Gasteiger partial charge in [0.25, 0.3) is 5.91 Å². The number of hydrogen-bond donors (Lipinski definition) is 1. The molecule has 0 aliphatic rings. The maximum atomic E-state index is 11.9. The Morgan fingerprint density at radius 3 is 2.44 bits per heavy atom. The van der Waals surface area contributed by atoms with Crippen LogP contribution in [-0.2, 0) is 11.2 Å². The van der Waals surface area contributed by atoms with E-state index < -0.39 is 0 Å². The molecule has 0 saturated heterocycles. The molecule has 0 aliphatic heterocycles. The molecule has 2 aromatic rings. The number of amides is 1. The number of benzene rings is 2. The van der Waals surface area contributed by atoms with Gasteiger partial charge in [0.15, 0.2) is 6.61 Å². The van der Waals surface area contributed by atoms with E-state index in [9.17, 15) is 4.79 Å². The summed E-state index contributed by atoms with van der Waals surface area (Å²) in [7, 11) is 0. The molecular formula is C21H26BrN3O2. The van der Waals surface area contributed by atoms with Gasteiger partial charge >= 0.3 is 0 Å². The zero-order valence-corrected chi connectivity index (χ0v) is 17.6. The third-order valence-corrected chi connectivity index (χ3v) is 4.81. The van der Waals surface area contributed by atoms with E-state index >= 15 is 0 Å². The van der Waals surface area contributed by atoms with Crippen LogP contribution in [-0.4, -0.2) is 31.8 Å². The average molecular weight is 432 g/mol. The number of carbonyl (C=O) groups is 1. The number of nitrogens with zero attached hydrogens (tertiary/aromatic N) is 2. The van der Waals surface area contributed by atoms with E-state index in [0.717, 1.165) is 29.5 Å². The lowest BCUT2D eigenvalue weighted by atomic mass is 10.2. The molecule has 0 fully saturated rings. The summed E-state index contributed by atoms with van der Waals surface area (Å²) < 4.78 is 6.37. The van der Waals surface area contributed by atoms with E-state index in [4.69, 9.17) is 4.74 Å². The summed E-state index contributed by atoms with van der Waals surface area (Å²) >= 11 is 3.46. The van der Waals surface area contributed by atoms with Crippen LogP contribution in [0.2, 0.25) is 0 Å². The standard InChI is InChI=1S/C21H26BrN3O2/c1-4-16-9-12-20(19(22)13-16)27-15-21(26)24-23-14-17-7-10-18(11-8-17)25(5-2)6-3/h7-14H,4-6,15H2,1-3H3,(H,24,26)/b23-14+. The van der Waals surface area contributed by atoms with Gasteiger partial charge in [-0.2, -0.15) is 5.10 Å². The second kappa shape index (κ2) is 10.7. The second-order valence-electron chi connectivity index (χ2n) is 5.96. The number of hydrogen-bond acceptors (Lipinski definition) is 4. The molecular weight excluding hydrogens is 406 g/mol. The minimum atomic E-state index is -0.308. The molecule has 0 bridgehead atoms. The summed E-state index contributed by atoms with van der Waals surface area (Å²) in [5, 5.41) is 3.99. The zero-order valence-electron chi connectivity index (χ0n) is 16.0. The largest absolute Gasteiger partial charge is 0.483 e. The van der Waals surface area contributed by atoms with Crippen molar-refractivity contribution in [3.05, 3.63) is 58.1 Å². The van der Waals surface area contributed by atoms with Gasteiger partial charge in [-0.05, 0) is 71.6 Å². The van der Waals surface area contributed by atoms with Gasteiger partial charge in [0, 0.05) is 18.8 Å². The van der Waals surface area contributed by atoms with Crippen LogP contribution in [0.3, 0.4) is 0 Å². The maximum absolute atomic E-state index is 11.9. The fourth-order valence-electron chi connectivity index (χ4n) is 2.60. The van der Waals surface area contributed by atoms with Gasteiger partial charge in [0.1, 0.15) is 5.75 Å². The number of carbonyl (C=O) groups excluding carboxylic acids is 1. The van der Waals surface area contributed by atoms with E-state index in [1.54, 1.807) is 6.21 Å². The summed E-state index contributed by atoms with van der Waals surface area (Å²) in [6.45, 7) is 8.20. The fourth-order valence-corrected chi connectivity index (χ4v) is 3.14. The first-order chi connectivity index (χ1) is 13.1. The predicted molar refractivity (Wildman–Crippen MR) is 115 cm³/mol. The topological polar surface area (TPSA) is 53.9 Å². The van der Waals surface area contributed by atoms with Gasteiger partial charge in [-0.15, -0.1) is 0 Å². The molecule has 2 aromatic carbocycles. The van der Waals surface area contributed by atoms with Crippen molar-refractivity contribution in [2.24, 2.45) is 5.10 Å². The Morgan fingerprint density at radius 1 is 1.15 bits per heavy atom. The van der Waals surface area contributed by atoms with Crippen LogP contribution in [0.5, 0.6) is 5.75 Å². The highest BCUT2D eigenvalue weighted by atomic mass is 79.9. The van der Waals surface area contributed by atoms with E-state index in [0.29, 0.717) is 5.75 Å². The van der Waals surface area contributed by atoms with Crippen LogP contribution in [0.4, 0.5) is 5.69 Å². The lowest BCUT2D eigenvalue weighted by Gasteiger charge is -2.20. The summed E-state index contributed by atoms with van der Waals surface area (Å²) in [4.78, 5) is 14.2. The van der Waals surface area contributed by atoms with Crippen molar-refractivity contribution in [1.82, 2.24) is 5.43 Å². The minimum Gasteiger partial charge on any atom is -0.483 e. The van der Waals surface area contributed by atoms with E-state index in [1.807, 2.05) is 30.3 Å². The smallest absolute Gasteiger partial charge is 0.277 e. The van der Waals surface area contributed by atoms with Crippen LogP contribution < -0.4 is 15.1 Å². The number of ether oxygens (including phenoxy) is 1. The highest BCUT2D eigenvalue weighted by Gasteiger charge is 2.06.